The molecule has 0 spiro atoms. The molecule has 1 aliphatic heterocycles. The molecule has 0 aliphatic carbocycles. The van der Waals surface area contributed by atoms with E-state index in [1.807, 2.05) is 25.2 Å². The molecule has 1 N–H and O–H groups in total. The van der Waals surface area contributed by atoms with E-state index in [2.05, 4.69) is 33.2 Å². The summed E-state index contributed by atoms with van der Waals surface area (Å²) in [6.07, 6.45) is 1.15. The smallest absolute Gasteiger partial charge is 0.279 e. The number of nitrogens with one attached hydrogen (secondary N) is 1. The molecule has 0 saturated heterocycles. The van der Waals surface area contributed by atoms with E-state index < -0.39 is 5.92 Å². The second-order valence-corrected chi connectivity index (χ2v) is 8.04. The molecular formula is C18H20BrN3O3S. The van der Waals surface area contributed by atoms with Gasteiger partial charge in [-0.3, -0.25) is 9.59 Å². The van der Waals surface area contributed by atoms with E-state index in [0.717, 1.165) is 22.2 Å². The first kappa shape index (κ1) is 19.0. The molecule has 0 fully saturated rings. The highest BCUT2D eigenvalue weighted by molar-refractivity contribution is 9.10. The summed E-state index contributed by atoms with van der Waals surface area (Å²) < 4.78 is 8.12. The van der Waals surface area contributed by atoms with Crippen LogP contribution in [0, 0.1) is 0 Å². The van der Waals surface area contributed by atoms with Gasteiger partial charge in [-0.1, -0.05) is 34.6 Å². The maximum absolute atomic E-state index is 12.8. The summed E-state index contributed by atoms with van der Waals surface area (Å²) in [6.45, 7) is 2.07. The zero-order valence-electron chi connectivity index (χ0n) is 14.8. The van der Waals surface area contributed by atoms with Crippen molar-refractivity contribution in [2.24, 2.45) is 7.05 Å². The van der Waals surface area contributed by atoms with Gasteiger partial charge in [0.25, 0.3) is 5.56 Å². The maximum atomic E-state index is 12.8. The fourth-order valence-electron chi connectivity index (χ4n) is 3.10. The Bertz CT molecular complexity index is 913. The SMILES string of the molecule is CCCSc1nc(=O)c2c(n1C)NC(=O)C[C@H]2c1cc(Br)ccc1OC. The molecule has 6 nitrogen and oxygen atoms in total. The molecule has 0 saturated carbocycles. The zero-order valence-corrected chi connectivity index (χ0v) is 17.2. The van der Waals surface area contributed by atoms with E-state index >= 15 is 0 Å². The fourth-order valence-corrected chi connectivity index (χ4v) is 4.30. The summed E-state index contributed by atoms with van der Waals surface area (Å²) in [5.41, 5.74) is 0.999. The minimum Gasteiger partial charge on any atom is -0.496 e. The van der Waals surface area contributed by atoms with Crippen LogP contribution in [0.25, 0.3) is 0 Å². The highest BCUT2D eigenvalue weighted by Crippen LogP contribution is 2.40. The number of ether oxygens (including phenoxy) is 1. The number of amides is 1. The Morgan fingerprint density at radius 2 is 2.19 bits per heavy atom. The van der Waals surface area contributed by atoms with Crippen LogP contribution in [0.5, 0.6) is 5.75 Å². The van der Waals surface area contributed by atoms with Crippen LogP contribution in [-0.4, -0.2) is 28.3 Å². The molecule has 2 aromatic rings. The molecule has 1 aliphatic rings. The summed E-state index contributed by atoms with van der Waals surface area (Å²) in [6, 6.07) is 5.59. The Morgan fingerprint density at radius 1 is 1.42 bits per heavy atom. The molecule has 138 valence electrons. The molecule has 0 unspecified atom stereocenters. The van der Waals surface area contributed by atoms with Crippen LogP contribution in [0.4, 0.5) is 5.82 Å². The van der Waals surface area contributed by atoms with Crippen molar-refractivity contribution in [3.05, 3.63) is 44.2 Å². The van der Waals surface area contributed by atoms with Crippen molar-refractivity contribution < 1.29 is 9.53 Å². The Hall–Kier alpha value is -1.80. The van der Waals surface area contributed by atoms with Crippen LogP contribution in [0.2, 0.25) is 0 Å². The van der Waals surface area contributed by atoms with Gasteiger partial charge in [0.15, 0.2) is 5.16 Å². The largest absolute Gasteiger partial charge is 0.496 e. The van der Waals surface area contributed by atoms with Crippen molar-refractivity contribution in [1.82, 2.24) is 9.55 Å². The second kappa shape index (κ2) is 7.84. The van der Waals surface area contributed by atoms with Crippen LogP contribution >= 0.6 is 27.7 Å². The molecular weight excluding hydrogens is 418 g/mol. The van der Waals surface area contributed by atoms with Crippen LogP contribution in [-0.2, 0) is 11.8 Å². The fraction of sp³-hybridized carbons (Fsp3) is 0.389. The highest BCUT2D eigenvalue weighted by Gasteiger charge is 2.33. The predicted octanol–water partition coefficient (Wildman–Crippen LogP) is 3.53. The number of benzene rings is 1. The number of carbonyl (C=O) groups is 1. The summed E-state index contributed by atoms with van der Waals surface area (Å²) in [4.78, 5) is 29.5. The van der Waals surface area contributed by atoms with Gasteiger partial charge in [-0.05, 0) is 24.6 Å². The lowest BCUT2D eigenvalue weighted by Crippen LogP contribution is -2.33. The minimum atomic E-state index is -0.400. The number of rotatable bonds is 5. The molecule has 1 aromatic carbocycles. The van der Waals surface area contributed by atoms with Crippen molar-refractivity contribution in [2.45, 2.75) is 30.8 Å². The molecule has 2 heterocycles. The maximum Gasteiger partial charge on any atom is 0.279 e. The van der Waals surface area contributed by atoms with Crippen LogP contribution in [0.1, 0.15) is 36.8 Å². The molecule has 3 rings (SSSR count). The zero-order chi connectivity index (χ0) is 18.8. The third-order valence-corrected chi connectivity index (χ3v) is 6.03. The Labute approximate surface area is 164 Å². The average Bonchev–Trinajstić information content (AvgIpc) is 2.62. The first-order valence-corrected chi connectivity index (χ1v) is 10.1. The van der Waals surface area contributed by atoms with Crippen LogP contribution in [0.15, 0.2) is 32.6 Å². The lowest BCUT2D eigenvalue weighted by atomic mass is 9.86. The molecule has 0 bridgehead atoms. The van der Waals surface area contributed by atoms with Gasteiger partial charge in [0.05, 0.1) is 12.7 Å². The summed E-state index contributed by atoms with van der Waals surface area (Å²) in [5, 5.41) is 3.46. The Kier molecular flexibility index (Phi) is 5.72. The Morgan fingerprint density at radius 3 is 2.88 bits per heavy atom. The van der Waals surface area contributed by atoms with Crippen molar-refractivity contribution in [3.8, 4) is 5.75 Å². The van der Waals surface area contributed by atoms with Gasteiger partial charge in [0, 0.05) is 35.2 Å². The van der Waals surface area contributed by atoms with Crippen molar-refractivity contribution in [1.29, 1.82) is 0 Å². The number of anilines is 1. The van der Waals surface area contributed by atoms with Gasteiger partial charge in [-0.2, -0.15) is 4.98 Å². The first-order chi connectivity index (χ1) is 12.5. The molecule has 26 heavy (non-hydrogen) atoms. The lowest BCUT2D eigenvalue weighted by molar-refractivity contribution is -0.116. The summed E-state index contributed by atoms with van der Waals surface area (Å²) >= 11 is 4.97. The normalized spacial score (nSPS) is 16.2. The number of fused-ring (bicyclic) bond motifs is 1. The van der Waals surface area contributed by atoms with E-state index in [9.17, 15) is 9.59 Å². The summed E-state index contributed by atoms with van der Waals surface area (Å²) in [7, 11) is 3.40. The quantitative estimate of drug-likeness (QED) is 0.571. The molecule has 8 heteroatoms. The van der Waals surface area contributed by atoms with Crippen molar-refractivity contribution in [2.75, 3.05) is 18.2 Å². The van der Waals surface area contributed by atoms with Gasteiger partial charge >= 0.3 is 0 Å². The Balaban J connectivity index is 2.19. The monoisotopic (exact) mass is 437 g/mol. The van der Waals surface area contributed by atoms with Crippen LogP contribution in [0.3, 0.4) is 0 Å². The number of hydrogen-bond donors (Lipinski definition) is 1. The van der Waals surface area contributed by atoms with Gasteiger partial charge in [0.1, 0.15) is 11.6 Å². The van der Waals surface area contributed by atoms with E-state index in [0.29, 0.717) is 22.3 Å². The van der Waals surface area contributed by atoms with Gasteiger partial charge < -0.3 is 14.6 Å². The average molecular weight is 438 g/mol. The number of halogens is 1. The summed E-state index contributed by atoms with van der Waals surface area (Å²) in [5.74, 6) is 1.49. The molecule has 1 amide bonds. The van der Waals surface area contributed by atoms with E-state index in [4.69, 9.17) is 4.74 Å². The third-order valence-electron chi connectivity index (χ3n) is 4.30. The number of aromatic nitrogens is 2. The van der Waals surface area contributed by atoms with Crippen molar-refractivity contribution >= 4 is 39.4 Å². The predicted molar refractivity (Wildman–Crippen MR) is 106 cm³/mol. The van der Waals surface area contributed by atoms with Crippen LogP contribution < -0.4 is 15.6 Å². The lowest BCUT2D eigenvalue weighted by Gasteiger charge is -2.28. The molecule has 1 atom stereocenters. The minimum absolute atomic E-state index is 0.128. The number of thioether (sulfide) groups is 1. The van der Waals surface area contributed by atoms with Gasteiger partial charge in [0.2, 0.25) is 5.91 Å². The standard InChI is InChI=1S/C18H20BrN3O3S/c1-4-7-26-18-21-17(24)15-12(9-14(23)20-16(15)22(18)2)11-8-10(19)5-6-13(11)25-3/h5-6,8,12H,4,7,9H2,1-3H3,(H,20,23)/t12-/m0/s1. The molecule has 1 aromatic heterocycles. The number of hydrogen-bond acceptors (Lipinski definition) is 5. The van der Waals surface area contributed by atoms with E-state index in [1.165, 1.54) is 11.8 Å². The van der Waals surface area contributed by atoms with E-state index in [1.54, 1.807) is 11.7 Å². The van der Waals surface area contributed by atoms with Crippen molar-refractivity contribution in [3.63, 3.8) is 0 Å². The number of methoxy groups -OCH3 is 1. The third kappa shape index (κ3) is 3.53. The van der Waals surface area contributed by atoms with Gasteiger partial charge in [-0.25, -0.2) is 0 Å². The van der Waals surface area contributed by atoms with Gasteiger partial charge in [-0.15, -0.1) is 0 Å². The topological polar surface area (TPSA) is 73.2 Å². The first-order valence-electron chi connectivity index (χ1n) is 8.33. The highest BCUT2D eigenvalue weighted by atomic mass is 79.9. The molecule has 0 radical (unpaired) electrons. The second-order valence-electron chi connectivity index (χ2n) is 6.06. The number of carbonyl (C=O) groups excluding carboxylic acids is 1. The van der Waals surface area contributed by atoms with E-state index in [-0.39, 0.29) is 17.9 Å². The number of nitrogens with zero attached hydrogens (tertiary/aromatic N) is 2.